The predicted molar refractivity (Wildman–Crippen MR) is 80.3 cm³/mol. The van der Waals surface area contributed by atoms with Gasteiger partial charge in [-0.15, -0.1) is 18.2 Å². The molecule has 0 saturated carbocycles. The number of amides is 1. The minimum Gasteiger partial charge on any atom is -0.351 e. The Hall–Kier alpha value is -1.44. The molecular formula is C15H18N2OS. The van der Waals surface area contributed by atoms with Crippen LogP contribution >= 0.6 is 11.8 Å². The van der Waals surface area contributed by atoms with Crippen LogP contribution in [0.3, 0.4) is 0 Å². The van der Waals surface area contributed by atoms with Crippen molar-refractivity contribution in [2.45, 2.75) is 13.0 Å². The van der Waals surface area contributed by atoms with Crippen LogP contribution in [0, 0.1) is 12.3 Å². The summed E-state index contributed by atoms with van der Waals surface area (Å²) < 4.78 is 0. The number of benzene rings is 1. The molecular weight excluding hydrogens is 256 g/mol. The van der Waals surface area contributed by atoms with Gasteiger partial charge in [-0.05, 0) is 36.2 Å². The largest absolute Gasteiger partial charge is 0.351 e. The summed E-state index contributed by atoms with van der Waals surface area (Å²) in [6.45, 7) is 2.53. The second-order valence-electron chi connectivity index (χ2n) is 4.42. The quantitative estimate of drug-likeness (QED) is 0.630. The molecule has 1 heterocycles. The number of thioether (sulfide) groups is 1. The molecule has 1 aromatic rings. The summed E-state index contributed by atoms with van der Waals surface area (Å²) in [7, 11) is 0. The van der Waals surface area contributed by atoms with Crippen LogP contribution in [0.1, 0.15) is 21.5 Å². The maximum Gasteiger partial charge on any atom is 0.251 e. The molecule has 1 aliphatic heterocycles. The number of fused-ring (bicyclic) bond motifs is 1. The molecule has 1 aromatic carbocycles. The third kappa shape index (κ3) is 4.02. The first kappa shape index (κ1) is 14.0. The maximum atomic E-state index is 12.0. The van der Waals surface area contributed by atoms with Crippen LogP contribution in [0.2, 0.25) is 0 Å². The maximum absolute atomic E-state index is 12.0. The summed E-state index contributed by atoms with van der Waals surface area (Å²) in [5.41, 5.74) is 3.32. The van der Waals surface area contributed by atoms with Gasteiger partial charge < -0.3 is 10.6 Å². The number of carbonyl (C=O) groups excluding carboxylic acids is 1. The molecule has 2 N–H and O–H groups in total. The van der Waals surface area contributed by atoms with E-state index in [4.69, 9.17) is 6.42 Å². The molecule has 19 heavy (non-hydrogen) atoms. The third-order valence-electron chi connectivity index (χ3n) is 3.07. The van der Waals surface area contributed by atoms with Gasteiger partial charge in [-0.1, -0.05) is 12.0 Å². The Kier molecular flexibility index (Phi) is 5.31. The highest BCUT2D eigenvalue weighted by Crippen LogP contribution is 2.15. The summed E-state index contributed by atoms with van der Waals surface area (Å²) in [6, 6.07) is 5.97. The highest BCUT2D eigenvalue weighted by atomic mass is 32.2. The van der Waals surface area contributed by atoms with Gasteiger partial charge in [0.2, 0.25) is 0 Å². The van der Waals surface area contributed by atoms with E-state index in [2.05, 4.69) is 22.6 Å². The summed E-state index contributed by atoms with van der Waals surface area (Å²) in [4.78, 5) is 12.0. The minimum atomic E-state index is -0.00492. The van der Waals surface area contributed by atoms with E-state index in [1.807, 2.05) is 12.1 Å². The molecule has 3 nitrogen and oxygen atoms in total. The second kappa shape index (κ2) is 7.22. The fourth-order valence-electron chi connectivity index (χ4n) is 2.09. The van der Waals surface area contributed by atoms with Crippen molar-refractivity contribution in [3.05, 3.63) is 34.9 Å². The predicted octanol–water partition coefficient (Wildman–Crippen LogP) is 1.43. The first-order valence-electron chi connectivity index (χ1n) is 6.43. The van der Waals surface area contributed by atoms with Crippen LogP contribution in [0.15, 0.2) is 18.2 Å². The Morgan fingerprint density at radius 1 is 1.47 bits per heavy atom. The number of hydrogen-bond acceptors (Lipinski definition) is 3. The van der Waals surface area contributed by atoms with Crippen molar-refractivity contribution in [1.29, 1.82) is 0 Å². The Labute approximate surface area is 118 Å². The number of terminal acetylenes is 1. The average Bonchev–Trinajstić information content (AvgIpc) is 2.46. The zero-order valence-corrected chi connectivity index (χ0v) is 11.7. The molecule has 0 aliphatic carbocycles. The van der Waals surface area contributed by atoms with Crippen molar-refractivity contribution in [2.24, 2.45) is 0 Å². The van der Waals surface area contributed by atoms with E-state index < -0.39 is 0 Å². The van der Waals surface area contributed by atoms with E-state index in [1.165, 1.54) is 11.1 Å². The molecule has 0 atom stereocenters. The van der Waals surface area contributed by atoms with E-state index in [-0.39, 0.29) is 5.91 Å². The zero-order valence-electron chi connectivity index (χ0n) is 10.9. The fraction of sp³-hybridized carbons (Fsp3) is 0.400. The van der Waals surface area contributed by atoms with Crippen molar-refractivity contribution in [3.63, 3.8) is 0 Å². The average molecular weight is 274 g/mol. The van der Waals surface area contributed by atoms with Crippen molar-refractivity contribution >= 4 is 17.7 Å². The molecule has 0 spiro atoms. The fourth-order valence-corrected chi connectivity index (χ4v) is 2.60. The standard InChI is InChI=1S/C15H18N2OS/c1-2-8-19-9-7-17-15(18)13-4-3-12-5-6-16-11-14(12)10-13/h1,3-4,10,16H,5-9,11H2,(H,17,18). The molecule has 0 saturated heterocycles. The molecule has 0 fully saturated rings. The van der Waals surface area contributed by atoms with Crippen LogP contribution in [-0.2, 0) is 13.0 Å². The van der Waals surface area contributed by atoms with E-state index >= 15 is 0 Å². The second-order valence-corrected chi connectivity index (χ2v) is 5.53. The number of nitrogens with one attached hydrogen (secondary N) is 2. The van der Waals surface area contributed by atoms with Gasteiger partial charge in [-0.25, -0.2) is 0 Å². The molecule has 2 rings (SSSR count). The summed E-state index contributed by atoms with van der Waals surface area (Å²) >= 11 is 1.65. The highest BCUT2D eigenvalue weighted by Gasteiger charge is 2.11. The molecule has 0 aromatic heterocycles. The molecule has 0 radical (unpaired) electrons. The van der Waals surface area contributed by atoms with Crippen LogP contribution in [0.25, 0.3) is 0 Å². The molecule has 100 valence electrons. The van der Waals surface area contributed by atoms with Crippen molar-refractivity contribution in [2.75, 3.05) is 24.6 Å². The molecule has 1 amide bonds. The molecule has 1 aliphatic rings. The summed E-state index contributed by atoms with van der Waals surface area (Å²) in [5.74, 6) is 4.10. The van der Waals surface area contributed by atoms with Crippen LogP contribution in [-0.4, -0.2) is 30.5 Å². The van der Waals surface area contributed by atoms with Gasteiger partial charge >= 0.3 is 0 Å². The lowest BCUT2D eigenvalue weighted by Crippen LogP contribution is -2.27. The van der Waals surface area contributed by atoms with Crippen molar-refractivity contribution in [3.8, 4) is 12.3 Å². The van der Waals surface area contributed by atoms with E-state index in [0.29, 0.717) is 12.3 Å². The number of carbonyl (C=O) groups is 1. The zero-order chi connectivity index (χ0) is 13.5. The van der Waals surface area contributed by atoms with E-state index in [1.54, 1.807) is 11.8 Å². The molecule has 0 bridgehead atoms. The van der Waals surface area contributed by atoms with Gasteiger partial charge in [0.15, 0.2) is 0 Å². The van der Waals surface area contributed by atoms with Gasteiger partial charge in [0.05, 0.1) is 5.75 Å². The Morgan fingerprint density at radius 3 is 3.21 bits per heavy atom. The smallest absolute Gasteiger partial charge is 0.251 e. The highest BCUT2D eigenvalue weighted by molar-refractivity contribution is 7.99. The van der Waals surface area contributed by atoms with Gasteiger partial charge in [0.1, 0.15) is 0 Å². The minimum absolute atomic E-state index is 0.00492. The van der Waals surface area contributed by atoms with Gasteiger partial charge in [0.25, 0.3) is 5.91 Å². The molecule has 4 heteroatoms. The van der Waals surface area contributed by atoms with Crippen LogP contribution in [0.5, 0.6) is 0 Å². The Balaban J connectivity index is 1.87. The topological polar surface area (TPSA) is 41.1 Å². The van der Waals surface area contributed by atoms with Gasteiger partial charge in [0, 0.05) is 24.4 Å². The van der Waals surface area contributed by atoms with Crippen LogP contribution in [0.4, 0.5) is 0 Å². The lowest BCUT2D eigenvalue weighted by atomic mass is 9.98. The Morgan fingerprint density at radius 2 is 2.37 bits per heavy atom. The number of hydrogen-bond donors (Lipinski definition) is 2. The van der Waals surface area contributed by atoms with Crippen LogP contribution < -0.4 is 10.6 Å². The van der Waals surface area contributed by atoms with Gasteiger partial charge in [-0.3, -0.25) is 4.79 Å². The summed E-state index contributed by atoms with van der Waals surface area (Å²) in [5, 5.41) is 6.24. The van der Waals surface area contributed by atoms with Crippen molar-refractivity contribution < 1.29 is 4.79 Å². The monoisotopic (exact) mass is 274 g/mol. The first-order chi connectivity index (χ1) is 9.31. The lowest BCUT2D eigenvalue weighted by molar-refractivity contribution is 0.0956. The SMILES string of the molecule is C#CCSCCNC(=O)c1ccc2c(c1)CNCC2. The molecule has 0 unspecified atom stereocenters. The lowest BCUT2D eigenvalue weighted by Gasteiger charge is -2.17. The first-order valence-corrected chi connectivity index (χ1v) is 7.58. The summed E-state index contributed by atoms with van der Waals surface area (Å²) in [6.07, 6.45) is 6.20. The van der Waals surface area contributed by atoms with E-state index in [9.17, 15) is 4.79 Å². The van der Waals surface area contributed by atoms with E-state index in [0.717, 1.165) is 30.8 Å². The van der Waals surface area contributed by atoms with Gasteiger partial charge in [-0.2, -0.15) is 0 Å². The normalized spacial score (nSPS) is 13.4. The third-order valence-corrected chi connectivity index (χ3v) is 3.94. The Bertz CT molecular complexity index is 493. The van der Waals surface area contributed by atoms with Crippen molar-refractivity contribution in [1.82, 2.24) is 10.6 Å². The number of rotatable bonds is 5.